The average Bonchev–Trinajstić information content (AvgIpc) is 2.84. The van der Waals surface area contributed by atoms with Gasteiger partial charge in [-0.05, 0) is 30.7 Å². The highest BCUT2D eigenvalue weighted by atomic mass is 16.3. The molecule has 0 aliphatic heterocycles. The van der Waals surface area contributed by atoms with E-state index in [1.54, 1.807) is 48.5 Å². The van der Waals surface area contributed by atoms with Crippen molar-refractivity contribution in [3.8, 4) is 17.4 Å². The van der Waals surface area contributed by atoms with Gasteiger partial charge in [0.1, 0.15) is 5.76 Å². The normalized spacial score (nSPS) is 10.6. The molecule has 158 valence electrons. The number of amides is 1. The molecule has 2 heterocycles. The summed E-state index contributed by atoms with van der Waals surface area (Å²) in [4.78, 5) is 32.3. The van der Waals surface area contributed by atoms with Crippen LogP contribution in [0.1, 0.15) is 27.9 Å². The summed E-state index contributed by atoms with van der Waals surface area (Å²) < 4.78 is 6.19. The largest absolute Gasteiger partial charge is 0.455 e. The van der Waals surface area contributed by atoms with Gasteiger partial charge in [0, 0.05) is 36.6 Å². The number of rotatable bonds is 6. The molecule has 0 atom stereocenters. The number of para-hydroxylation sites is 1. The van der Waals surface area contributed by atoms with Crippen LogP contribution < -0.4 is 5.43 Å². The summed E-state index contributed by atoms with van der Waals surface area (Å²) in [5, 5.41) is 9.43. The van der Waals surface area contributed by atoms with Crippen LogP contribution in [0, 0.1) is 18.3 Å². The van der Waals surface area contributed by atoms with E-state index in [9.17, 15) is 9.59 Å². The van der Waals surface area contributed by atoms with Gasteiger partial charge in [0.2, 0.25) is 0 Å². The number of carbonyl (C=O) groups excluding carboxylic acids is 1. The zero-order valence-corrected chi connectivity index (χ0v) is 17.6. The topological polar surface area (TPSA) is 87.2 Å². The third-order valence-electron chi connectivity index (χ3n) is 5.29. The van der Waals surface area contributed by atoms with E-state index in [0.717, 1.165) is 11.1 Å². The number of nitrogens with zero attached hydrogens (tertiary/aromatic N) is 3. The summed E-state index contributed by atoms with van der Waals surface area (Å²) in [6.07, 6.45) is 3.54. The number of hydrogen-bond acceptors (Lipinski definition) is 5. The third kappa shape index (κ3) is 4.14. The van der Waals surface area contributed by atoms with Crippen LogP contribution in [0.3, 0.4) is 0 Å². The lowest BCUT2D eigenvalue weighted by Gasteiger charge is -2.22. The highest BCUT2D eigenvalue weighted by molar-refractivity contribution is 6.05. The zero-order chi connectivity index (χ0) is 22.5. The van der Waals surface area contributed by atoms with Gasteiger partial charge in [-0.2, -0.15) is 5.26 Å². The van der Waals surface area contributed by atoms with E-state index < -0.39 is 0 Å². The van der Waals surface area contributed by atoms with E-state index in [2.05, 4.69) is 11.1 Å². The Labute approximate surface area is 185 Å². The SMILES string of the molecule is Cc1c(-c2ccccc2)oc2c(C(=O)N(CCC#N)Cc3cccnc3)cccc2c1=O. The molecular weight excluding hydrogens is 402 g/mol. The Kier molecular flexibility index (Phi) is 6.09. The third-order valence-corrected chi connectivity index (χ3v) is 5.29. The van der Waals surface area contributed by atoms with Crippen molar-refractivity contribution in [3.05, 3.63) is 100.0 Å². The van der Waals surface area contributed by atoms with Crippen molar-refractivity contribution in [1.82, 2.24) is 9.88 Å². The molecule has 6 nitrogen and oxygen atoms in total. The van der Waals surface area contributed by atoms with Gasteiger partial charge >= 0.3 is 0 Å². The molecule has 0 unspecified atom stereocenters. The van der Waals surface area contributed by atoms with E-state index in [-0.39, 0.29) is 29.9 Å². The van der Waals surface area contributed by atoms with E-state index in [0.29, 0.717) is 28.8 Å². The number of aromatic nitrogens is 1. The summed E-state index contributed by atoms with van der Waals surface area (Å²) in [6, 6.07) is 20.1. The molecule has 0 fully saturated rings. The Hall–Kier alpha value is -4.24. The summed E-state index contributed by atoms with van der Waals surface area (Å²) in [5.41, 5.74) is 2.48. The Morgan fingerprint density at radius 2 is 1.91 bits per heavy atom. The van der Waals surface area contributed by atoms with Gasteiger partial charge in [-0.1, -0.05) is 42.5 Å². The highest BCUT2D eigenvalue weighted by Crippen LogP contribution is 2.28. The average molecular weight is 423 g/mol. The molecule has 4 aromatic rings. The number of nitriles is 1. The first-order valence-electron chi connectivity index (χ1n) is 10.3. The fraction of sp³-hybridized carbons (Fsp3) is 0.154. The maximum atomic E-state index is 13.5. The second-order valence-electron chi connectivity index (χ2n) is 7.43. The van der Waals surface area contributed by atoms with Crippen LogP contribution in [0.25, 0.3) is 22.3 Å². The summed E-state index contributed by atoms with van der Waals surface area (Å²) >= 11 is 0. The first kappa shape index (κ1) is 21.0. The Balaban J connectivity index is 1.83. The van der Waals surface area contributed by atoms with Crippen molar-refractivity contribution in [2.75, 3.05) is 6.54 Å². The number of carbonyl (C=O) groups is 1. The number of hydrogen-bond donors (Lipinski definition) is 0. The Morgan fingerprint density at radius 1 is 1.09 bits per heavy atom. The van der Waals surface area contributed by atoms with E-state index >= 15 is 0 Å². The monoisotopic (exact) mass is 423 g/mol. The smallest absolute Gasteiger partial charge is 0.258 e. The first-order valence-corrected chi connectivity index (χ1v) is 10.3. The van der Waals surface area contributed by atoms with E-state index in [1.807, 2.05) is 36.4 Å². The second kappa shape index (κ2) is 9.27. The molecule has 0 aliphatic carbocycles. The minimum absolute atomic E-state index is 0.171. The van der Waals surface area contributed by atoms with E-state index in [4.69, 9.17) is 9.68 Å². The maximum Gasteiger partial charge on any atom is 0.258 e. The molecule has 2 aromatic carbocycles. The molecule has 1 amide bonds. The van der Waals surface area contributed by atoms with Crippen molar-refractivity contribution < 1.29 is 9.21 Å². The van der Waals surface area contributed by atoms with Crippen LogP contribution in [0.4, 0.5) is 0 Å². The predicted octanol–water partition coefficient (Wildman–Crippen LogP) is 4.72. The summed E-state index contributed by atoms with van der Waals surface area (Å²) in [6.45, 7) is 2.28. The molecule has 6 heteroatoms. The lowest BCUT2D eigenvalue weighted by Crippen LogP contribution is -2.31. The van der Waals surface area contributed by atoms with Crippen LogP contribution in [-0.2, 0) is 6.54 Å². The van der Waals surface area contributed by atoms with Gasteiger partial charge in [-0.15, -0.1) is 0 Å². The fourth-order valence-corrected chi connectivity index (χ4v) is 3.66. The van der Waals surface area contributed by atoms with Gasteiger partial charge < -0.3 is 9.32 Å². The van der Waals surface area contributed by atoms with Crippen molar-refractivity contribution in [2.45, 2.75) is 19.9 Å². The minimum Gasteiger partial charge on any atom is -0.455 e. The number of fused-ring (bicyclic) bond motifs is 1. The summed E-state index contributed by atoms with van der Waals surface area (Å²) in [5.74, 6) is 0.139. The van der Waals surface area contributed by atoms with Crippen LogP contribution in [-0.4, -0.2) is 22.3 Å². The van der Waals surface area contributed by atoms with Gasteiger partial charge in [0.15, 0.2) is 11.0 Å². The Bertz CT molecular complexity index is 1360. The molecule has 2 aromatic heterocycles. The molecule has 0 spiro atoms. The van der Waals surface area contributed by atoms with Gasteiger partial charge in [0.05, 0.1) is 23.4 Å². The van der Waals surface area contributed by atoms with Crippen LogP contribution in [0.15, 0.2) is 82.3 Å². The van der Waals surface area contributed by atoms with Crippen LogP contribution in [0.5, 0.6) is 0 Å². The molecule has 0 saturated heterocycles. The van der Waals surface area contributed by atoms with Crippen LogP contribution in [0.2, 0.25) is 0 Å². The number of pyridine rings is 1. The van der Waals surface area contributed by atoms with Crippen molar-refractivity contribution >= 4 is 16.9 Å². The lowest BCUT2D eigenvalue weighted by molar-refractivity contribution is 0.0747. The van der Waals surface area contributed by atoms with Gasteiger partial charge in [-0.3, -0.25) is 14.6 Å². The Morgan fingerprint density at radius 3 is 2.62 bits per heavy atom. The lowest BCUT2D eigenvalue weighted by atomic mass is 10.0. The van der Waals surface area contributed by atoms with E-state index in [1.165, 1.54) is 0 Å². The number of benzene rings is 2. The maximum absolute atomic E-state index is 13.5. The quantitative estimate of drug-likeness (QED) is 0.448. The zero-order valence-electron chi connectivity index (χ0n) is 17.6. The second-order valence-corrected chi connectivity index (χ2v) is 7.43. The standard InChI is InChI=1S/C26H21N3O3/c1-18-23(30)21-11-5-12-22(25(21)32-24(18)20-9-3-2-4-10-20)26(31)29(15-7-13-27)17-19-8-6-14-28-16-19/h2-6,8-12,14,16H,7,15,17H2,1H3. The molecule has 0 radical (unpaired) electrons. The molecule has 32 heavy (non-hydrogen) atoms. The summed E-state index contributed by atoms with van der Waals surface area (Å²) in [7, 11) is 0. The molecule has 0 bridgehead atoms. The predicted molar refractivity (Wildman–Crippen MR) is 122 cm³/mol. The van der Waals surface area contributed by atoms with Crippen molar-refractivity contribution in [2.24, 2.45) is 0 Å². The highest BCUT2D eigenvalue weighted by Gasteiger charge is 2.22. The molecular formula is C26H21N3O3. The minimum atomic E-state index is -0.305. The molecule has 0 aliphatic rings. The van der Waals surface area contributed by atoms with Crippen molar-refractivity contribution in [1.29, 1.82) is 5.26 Å². The van der Waals surface area contributed by atoms with Crippen LogP contribution >= 0.6 is 0 Å². The fourth-order valence-electron chi connectivity index (χ4n) is 3.66. The molecule has 0 saturated carbocycles. The first-order chi connectivity index (χ1) is 15.6. The van der Waals surface area contributed by atoms with Crippen molar-refractivity contribution in [3.63, 3.8) is 0 Å². The van der Waals surface area contributed by atoms with Gasteiger partial charge in [-0.25, -0.2) is 0 Å². The molecule has 0 N–H and O–H groups in total. The van der Waals surface area contributed by atoms with Gasteiger partial charge in [0.25, 0.3) is 5.91 Å². The molecule has 4 rings (SSSR count).